The molecule has 0 atom stereocenters. The number of anilines is 1. The van der Waals surface area contributed by atoms with Gasteiger partial charge in [0.15, 0.2) is 5.13 Å². The van der Waals surface area contributed by atoms with E-state index in [9.17, 15) is 12.8 Å². The predicted molar refractivity (Wildman–Crippen MR) is 101 cm³/mol. The molecule has 8 heteroatoms. The van der Waals surface area contributed by atoms with E-state index in [1.54, 1.807) is 19.9 Å². The third kappa shape index (κ3) is 4.48. The quantitative estimate of drug-likeness (QED) is 0.795. The molecule has 3 rings (SSSR count). The van der Waals surface area contributed by atoms with Gasteiger partial charge < -0.3 is 5.32 Å². The number of hydrogen-bond acceptors (Lipinski definition) is 5. The Hall–Kier alpha value is -1.25. The summed E-state index contributed by atoms with van der Waals surface area (Å²) in [5.41, 5.74) is 0.685. The molecular formula is C17H24FN3O2S2. The average Bonchev–Trinajstić information content (AvgIpc) is 2.98. The molecule has 1 aromatic carbocycles. The number of nitrogens with one attached hydrogen (secondary N) is 2. The molecule has 138 valence electrons. The SMILES string of the molecule is CC(C)S(=O)(=O)NC[C@H]1CC[C@H](Nc2nc3cccc(F)c3s2)CC1. The van der Waals surface area contributed by atoms with E-state index in [4.69, 9.17) is 0 Å². The van der Waals surface area contributed by atoms with Crippen LogP contribution in [-0.4, -0.2) is 31.2 Å². The van der Waals surface area contributed by atoms with Crippen LogP contribution in [0.3, 0.4) is 0 Å². The van der Waals surface area contributed by atoms with Gasteiger partial charge in [-0.3, -0.25) is 0 Å². The molecule has 0 amide bonds. The van der Waals surface area contributed by atoms with Crippen molar-refractivity contribution in [3.05, 3.63) is 24.0 Å². The van der Waals surface area contributed by atoms with Crippen molar-refractivity contribution < 1.29 is 12.8 Å². The second-order valence-electron chi connectivity index (χ2n) is 6.91. The van der Waals surface area contributed by atoms with Crippen LogP contribution in [-0.2, 0) is 10.0 Å². The number of hydrogen-bond donors (Lipinski definition) is 2. The van der Waals surface area contributed by atoms with E-state index >= 15 is 0 Å². The maximum atomic E-state index is 13.8. The van der Waals surface area contributed by atoms with E-state index in [1.807, 2.05) is 6.07 Å². The Morgan fingerprint density at radius 2 is 2.00 bits per heavy atom. The molecular weight excluding hydrogens is 361 g/mol. The van der Waals surface area contributed by atoms with Crippen LogP contribution >= 0.6 is 11.3 Å². The lowest BCUT2D eigenvalue weighted by Gasteiger charge is -2.29. The minimum atomic E-state index is -3.19. The lowest BCUT2D eigenvalue weighted by atomic mass is 9.86. The Morgan fingerprint density at radius 1 is 1.28 bits per heavy atom. The average molecular weight is 386 g/mol. The first-order valence-corrected chi connectivity index (χ1v) is 11.0. The van der Waals surface area contributed by atoms with Crippen molar-refractivity contribution in [2.24, 2.45) is 5.92 Å². The standard InChI is InChI=1S/C17H24FN3O2S2/c1-11(2)25(22,23)19-10-12-6-8-13(9-7-12)20-17-21-15-5-3-4-14(18)16(15)24-17/h3-5,11-13,19H,6-10H2,1-2H3,(H,20,21)/t12-,13-. The van der Waals surface area contributed by atoms with Gasteiger partial charge in [-0.15, -0.1) is 0 Å². The fourth-order valence-corrected chi connectivity index (χ4v) is 4.81. The molecule has 2 aromatic rings. The first kappa shape index (κ1) is 18.5. The zero-order valence-electron chi connectivity index (χ0n) is 14.5. The van der Waals surface area contributed by atoms with Crippen LogP contribution in [0.5, 0.6) is 0 Å². The summed E-state index contributed by atoms with van der Waals surface area (Å²) < 4.78 is 40.7. The lowest BCUT2D eigenvalue weighted by molar-refractivity contribution is 0.337. The molecule has 1 aliphatic rings. The van der Waals surface area contributed by atoms with Crippen molar-refractivity contribution in [2.75, 3.05) is 11.9 Å². The van der Waals surface area contributed by atoms with Crippen molar-refractivity contribution in [1.29, 1.82) is 0 Å². The summed E-state index contributed by atoms with van der Waals surface area (Å²) in [5.74, 6) is 0.142. The number of benzene rings is 1. The molecule has 0 spiro atoms. The molecule has 1 heterocycles. The smallest absolute Gasteiger partial charge is 0.213 e. The second-order valence-corrected chi connectivity index (χ2v) is 10.2. The van der Waals surface area contributed by atoms with Gasteiger partial charge in [0.2, 0.25) is 10.0 Å². The summed E-state index contributed by atoms with van der Waals surface area (Å²) in [5, 5.41) is 3.77. The highest BCUT2D eigenvalue weighted by atomic mass is 32.2. The number of thiazole rings is 1. The van der Waals surface area contributed by atoms with Crippen LogP contribution in [0.25, 0.3) is 10.2 Å². The van der Waals surface area contributed by atoms with E-state index in [2.05, 4.69) is 15.0 Å². The minimum Gasteiger partial charge on any atom is -0.359 e. The minimum absolute atomic E-state index is 0.232. The Labute approximate surface area is 152 Å². The highest BCUT2D eigenvalue weighted by Gasteiger charge is 2.24. The normalized spacial score (nSPS) is 21.8. The van der Waals surface area contributed by atoms with E-state index < -0.39 is 15.3 Å². The van der Waals surface area contributed by atoms with E-state index in [1.165, 1.54) is 17.4 Å². The molecule has 1 saturated carbocycles. The Balaban J connectivity index is 1.51. The van der Waals surface area contributed by atoms with Gasteiger partial charge in [-0.25, -0.2) is 22.5 Å². The van der Waals surface area contributed by atoms with Crippen LogP contribution in [0.1, 0.15) is 39.5 Å². The summed E-state index contributed by atoms with van der Waals surface area (Å²) in [7, 11) is -3.19. The molecule has 2 N–H and O–H groups in total. The van der Waals surface area contributed by atoms with Gasteiger partial charge >= 0.3 is 0 Å². The monoisotopic (exact) mass is 385 g/mol. The Morgan fingerprint density at radius 3 is 2.64 bits per heavy atom. The number of aromatic nitrogens is 1. The number of halogens is 1. The number of rotatable bonds is 6. The lowest BCUT2D eigenvalue weighted by Crippen LogP contribution is -2.37. The van der Waals surface area contributed by atoms with Gasteiger partial charge in [0, 0.05) is 12.6 Å². The zero-order chi connectivity index (χ0) is 18.0. The van der Waals surface area contributed by atoms with Gasteiger partial charge in [0.1, 0.15) is 5.82 Å². The van der Waals surface area contributed by atoms with Crippen LogP contribution < -0.4 is 10.0 Å². The topological polar surface area (TPSA) is 71.1 Å². The maximum Gasteiger partial charge on any atom is 0.213 e. The number of nitrogens with zero attached hydrogens (tertiary/aromatic N) is 1. The largest absolute Gasteiger partial charge is 0.359 e. The molecule has 0 radical (unpaired) electrons. The summed E-state index contributed by atoms with van der Waals surface area (Å²) in [4.78, 5) is 4.45. The van der Waals surface area contributed by atoms with Gasteiger partial charge in [-0.2, -0.15) is 0 Å². The van der Waals surface area contributed by atoms with E-state index in [-0.39, 0.29) is 5.82 Å². The molecule has 1 aliphatic carbocycles. The number of sulfonamides is 1. The van der Waals surface area contributed by atoms with Gasteiger partial charge in [0.25, 0.3) is 0 Å². The first-order chi connectivity index (χ1) is 11.8. The van der Waals surface area contributed by atoms with E-state index in [0.717, 1.165) is 30.8 Å². The second kappa shape index (κ2) is 7.55. The molecule has 25 heavy (non-hydrogen) atoms. The molecule has 0 aliphatic heterocycles. The summed E-state index contributed by atoms with van der Waals surface area (Å²) >= 11 is 1.35. The van der Waals surface area contributed by atoms with Crippen LogP contribution in [0.2, 0.25) is 0 Å². The van der Waals surface area contributed by atoms with E-state index in [0.29, 0.717) is 28.7 Å². The van der Waals surface area contributed by atoms with Crippen molar-refractivity contribution in [1.82, 2.24) is 9.71 Å². The highest BCUT2D eigenvalue weighted by molar-refractivity contribution is 7.90. The molecule has 1 aromatic heterocycles. The van der Waals surface area contributed by atoms with Gasteiger partial charge in [-0.1, -0.05) is 17.4 Å². The zero-order valence-corrected chi connectivity index (χ0v) is 16.1. The third-order valence-corrected chi connectivity index (χ3v) is 7.56. The Bertz CT molecular complexity index is 828. The fraction of sp³-hybridized carbons (Fsp3) is 0.588. The van der Waals surface area contributed by atoms with Crippen molar-refractivity contribution in [3.8, 4) is 0 Å². The van der Waals surface area contributed by atoms with Crippen molar-refractivity contribution in [2.45, 2.75) is 50.8 Å². The molecule has 1 fully saturated rings. The van der Waals surface area contributed by atoms with Gasteiger partial charge in [-0.05, 0) is 57.6 Å². The van der Waals surface area contributed by atoms with Crippen molar-refractivity contribution in [3.63, 3.8) is 0 Å². The number of fused-ring (bicyclic) bond motifs is 1. The molecule has 0 bridgehead atoms. The maximum absolute atomic E-state index is 13.8. The molecule has 0 saturated heterocycles. The summed E-state index contributed by atoms with van der Waals surface area (Å²) in [6, 6.07) is 5.25. The first-order valence-electron chi connectivity index (χ1n) is 8.65. The fourth-order valence-electron chi connectivity index (χ4n) is 3.06. The van der Waals surface area contributed by atoms with Crippen molar-refractivity contribution >= 4 is 36.7 Å². The Kier molecular flexibility index (Phi) is 5.60. The third-order valence-electron chi connectivity index (χ3n) is 4.74. The summed E-state index contributed by atoms with van der Waals surface area (Å²) in [6.45, 7) is 3.88. The van der Waals surface area contributed by atoms with Gasteiger partial charge in [0.05, 0.1) is 15.5 Å². The molecule has 5 nitrogen and oxygen atoms in total. The molecule has 0 unspecified atom stereocenters. The predicted octanol–water partition coefficient (Wildman–Crippen LogP) is 3.73. The van der Waals surface area contributed by atoms with Crippen LogP contribution in [0, 0.1) is 11.7 Å². The van der Waals surface area contributed by atoms with Crippen LogP contribution in [0.4, 0.5) is 9.52 Å². The summed E-state index contributed by atoms with van der Waals surface area (Å²) in [6.07, 6.45) is 3.87. The highest BCUT2D eigenvalue weighted by Crippen LogP contribution is 2.31. The van der Waals surface area contributed by atoms with Crippen LogP contribution in [0.15, 0.2) is 18.2 Å².